The highest BCUT2D eigenvalue weighted by atomic mass is 16.5. The molecule has 0 aromatic rings. The van der Waals surface area contributed by atoms with Crippen LogP contribution in [-0.4, -0.2) is 92.7 Å². The molecule has 0 bridgehead atoms. The number of esters is 1. The minimum absolute atomic E-state index is 0.00842. The molecule has 0 spiro atoms. The quantitative estimate of drug-likeness (QED) is 0.0689. The number of carbonyl (C=O) groups excluding carboxylic acids is 3. The maximum absolute atomic E-state index is 12.9. The van der Waals surface area contributed by atoms with Crippen LogP contribution in [-0.2, 0) is 19.1 Å². The molecule has 12 nitrogen and oxygen atoms in total. The van der Waals surface area contributed by atoms with Crippen molar-refractivity contribution < 1.29 is 19.1 Å². The fourth-order valence-electron chi connectivity index (χ4n) is 4.76. The summed E-state index contributed by atoms with van der Waals surface area (Å²) < 4.78 is 5.46. The highest BCUT2D eigenvalue weighted by molar-refractivity contribution is 5.80. The van der Waals surface area contributed by atoms with E-state index in [4.69, 9.17) is 16.2 Å². The van der Waals surface area contributed by atoms with Crippen LogP contribution in [0.25, 0.3) is 0 Å². The van der Waals surface area contributed by atoms with E-state index < -0.39 is 6.04 Å². The van der Waals surface area contributed by atoms with E-state index >= 15 is 0 Å². The summed E-state index contributed by atoms with van der Waals surface area (Å²) in [6, 6.07) is -0.801. The van der Waals surface area contributed by atoms with Crippen molar-refractivity contribution >= 4 is 17.8 Å². The van der Waals surface area contributed by atoms with E-state index in [0.717, 1.165) is 30.7 Å². The summed E-state index contributed by atoms with van der Waals surface area (Å²) in [6.45, 7) is 24.9. The van der Waals surface area contributed by atoms with Crippen LogP contribution in [0.3, 0.4) is 0 Å². The molecule has 12 heteroatoms. The van der Waals surface area contributed by atoms with E-state index in [9.17, 15) is 14.4 Å². The van der Waals surface area contributed by atoms with Crippen LogP contribution in [0.4, 0.5) is 0 Å². The molecule has 0 aromatic carbocycles. The van der Waals surface area contributed by atoms with Gasteiger partial charge in [-0.05, 0) is 52.6 Å². The standard InChI is InChI=1S/C31H56N8O4/c1-8-9-23(5)43-31(42)11-10-22(4)39-17-16-34-18-28(39)25(7)36-20-30(41)38-27(13-15-33)24(6)35-19-29(40)37-26(12-14-32)21(2)3/h23,26-28,34-36H,2,4,6-20,32-33H2,1,3,5H3,(H,37,40)(H,38,41). The molecule has 1 saturated heterocycles. The summed E-state index contributed by atoms with van der Waals surface area (Å²) in [4.78, 5) is 39.6. The Morgan fingerprint density at radius 3 is 2.16 bits per heavy atom. The van der Waals surface area contributed by atoms with Gasteiger partial charge in [0.1, 0.15) is 0 Å². The van der Waals surface area contributed by atoms with Crippen LogP contribution < -0.4 is 38.1 Å². The number of piperazine rings is 1. The molecule has 1 aliphatic heterocycles. The zero-order chi connectivity index (χ0) is 32.4. The second kappa shape index (κ2) is 20.5. The predicted molar refractivity (Wildman–Crippen MR) is 173 cm³/mol. The van der Waals surface area contributed by atoms with Crippen LogP contribution in [0.2, 0.25) is 0 Å². The summed E-state index contributed by atoms with van der Waals surface area (Å²) in [5.41, 5.74) is 14.2. The van der Waals surface area contributed by atoms with Gasteiger partial charge in [-0.3, -0.25) is 14.4 Å². The van der Waals surface area contributed by atoms with Crippen molar-refractivity contribution in [1.29, 1.82) is 0 Å². The van der Waals surface area contributed by atoms with E-state index in [1.807, 2.05) is 13.8 Å². The molecule has 43 heavy (non-hydrogen) atoms. The number of rotatable bonds is 22. The van der Waals surface area contributed by atoms with Crippen molar-refractivity contribution in [1.82, 2.24) is 31.5 Å². The summed E-state index contributed by atoms with van der Waals surface area (Å²) in [5.74, 6) is -0.724. The molecule has 0 aliphatic carbocycles. The first kappa shape index (κ1) is 37.7. The van der Waals surface area contributed by atoms with Crippen LogP contribution >= 0.6 is 0 Å². The Balaban J connectivity index is 2.61. The Kier molecular flexibility index (Phi) is 18.0. The van der Waals surface area contributed by atoms with E-state index in [1.54, 1.807) is 0 Å². The first-order valence-electron chi connectivity index (χ1n) is 15.3. The van der Waals surface area contributed by atoms with Gasteiger partial charge in [0.25, 0.3) is 0 Å². The van der Waals surface area contributed by atoms with Crippen molar-refractivity contribution in [2.75, 3.05) is 45.8 Å². The van der Waals surface area contributed by atoms with Crippen molar-refractivity contribution in [3.63, 3.8) is 0 Å². The first-order valence-corrected chi connectivity index (χ1v) is 15.3. The normalized spacial score (nSPS) is 16.7. The average molecular weight is 605 g/mol. The van der Waals surface area contributed by atoms with Crippen LogP contribution in [0.15, 0.2) is 49.0 Å². The van der Waals surface area contributed by atoms with Crippen molar-refractivity contribution in [2.45, 2.75) is 83.5 Å². The highest BCUT2D eigenvalue weighted by Crippen LogP contribution is 2.19. The Labute approximate surface area is 258 Å². The van der Waals surface area contributed by atoms with Crippen LogP contribution in [0.1, 0.15) is 59.3 Å². The van der Waals surface area contributed by atoms with Gasteiger partial charge in [0.15, 0.2) is 0 Å². The van der Waals surface area contributed by atoms with Gasteiger partial charge in [0.05, 0.1) is 43.7 Å². The second-order valence-corrected chi connectivity index (χ2v) is 11.1. The number of carbonyl (C=O) groups is 3. The van der Waals surface area contributed by atoms with E-state index in [1.165, 1.54) is 0 Å². The monoisotopic (exact) mass is 604 g/mol. The molecule has 0 radical (unpaired) electrons. The number of hydrogen-bond acceptors (Lipinski definition) is 10. The zero-order valence-electron chi connectivity index (χ0n) is 26.6. The van der Waals surface area contributed by atoms with Gasteiger partial charge in [-0.15, -0.1) is 0 Å². The number of nitrogens with two attached hydrogens (primary N) is 2. The van der Waals surface area contributed by atoms with Gasteiger partial charge < -0.3 is 47.7 Å². The lowest BCUT2D eigenvalue weighted by Gasteiger charge is -2.40. The van der Waals surface area contributed by atoms with Crippen LogP contribution in [0.5, 0.6) is 0 Å². The van der Waals surface area contributed by atoms with Gasteiger partial charge in [-0.25, -0.2) is 0 Å². The lowest BCUT2D eigenvalue weighted by molar-refractivity contribution is -0.148. The number of ether oxygens (including phenoxy) is 1. The largest absolute Gasteiger partial charge is 0.463 e. The Bertz CT molecular complexity index is 969. The smallest absolute Gasteiger partial charge is 0.306 e. The fourth-order valence-corrected chi connectivity index (χ4v) is 4.76. The number of amides is 2. The molecule has 1 aliphatic rings. The fraction of sp³-hybridized carbons (Fsp3) is 0.645. The Hall–Kier alpha value is -3.35. The number of nitrogens with one attached hydrogen (secondary N) is 5. The Morgan fingerprint density at radius 1 is 0.953 bits per heavy atom. The molecule has 1 rings (SSSR count). The maximum atomic E-state index is 12.9. The van der Waals surface area contributed by atoms with E-state index in [-0.39, 0.29) is 55.5 Å². The highest BCUT2D eigenvalue weighted by Gasteiger charge is 2.27. The topological polar surface area (TPSA) is 176 Å². The average Bonchev–Trinajstić information content (AvgIpc) is 2.97. The van der Waals surface area contributed by atoms with Crippen molar-refractivity contribution in [3.8, 4) is 0 Å². The summed E-state index contributed by atoms with van der Waals surface area (Å²) >= 11 is 0. The second-order valence-electron chi connectivity index (χ2n) is 11.1. The molecular formula is C31H56N8O4. The first-order chi connectivity index (χ1) is 20.4. The van der Waals surface area contributed by atoms with Gasteiger partial charge >= 0.3 is 5.97 Å². The van der Waals surface area contributed by atoms with E-state index in [2.05, 4.69) is 64.7 Å². The van der Waals surface area contributed by atoms with Gasteiger partial charge in [0, 0.05) is 36.7 Å². The summed E-state index contributed by atoms with van der Waals surface area (Å²) in [6.07, 6.45) is 3.50. The molecule has 2 amide bonds. The SMILES string of the molecule is C=C(C)C(CCN)NC(=O)CNC(=C)C(CCN)NC(=O)CNC(=C)C1CNCCN1C(=C)CCC(=O)OC(C)CCC. The molecule has 244 valence electrons. The zero-order valence-corrected chi connectivity index (χ0v) is 26.6. The van der Waals surface area contributed by atoms with Crippen molar-refractivity contribution in [2.24, 2.45) is 11.5 Å². The predicted octanol–water partition coefficient (Wildman–Crippen LogP) is 0.736. The van der Waals surface area contributed by atoms with E-state index in [0.29, 0.717) is 56.8 Å². The number of allylic oxidation sites excluding steroid dienone is 1. The lowest BCUT2D eigenvalue weighted by atomic mass is 10.1. The summed E-state index contributed by atoms with van der Waals surface area (Å²) in [5, 5.41) is 15.3. The third-order valence-electron chi connectivity index (χ3n) is 7.25. The minimum atomic E-state index is -0.464. The molecule has 4 atom stereocenters. The van der Waals surface area contributed by atoms with Crippen LogP contribution in [0, 0.1) is 0 Å². The molecule has 4 unspecified atom stereocenters. The third kappa shape index (κ3) is 14.6. The molecule has 1 heterocycles. The van der Waals surface area contributed by atoms with Gasteiger partial charge in [-0.1, -0.05) is 45.2 Å². The minimum Gasteiger partial charge on any atom is -0.463 e. The maximum Gasteiger partial charge on any atom is 0.306 e. The summed E-state index contributed by atoms with van der Waals surface area (Å²) in [7, 11) is 0. The van der Waals surface area contributed by atoms with Crippen molar-refractivity contribution in [3.05, 3.63) is 49.0 Å². The van der Waals surface area contributed by atoms with Gasteiger partial charge in [0.2, 0.25) is 11.8 Å². The molecule has 9 N–H and O–H groups in total. The molecule has 0 saturated carbocycles. The number of nitrogens with zero attached hydrogens (tertiary/aromatic N) is 1. The molecule has 1 fully saturated rings. The van der Waals surface area contributed by atoms with Gasteiger partial charge in [-0.2, -0.15) is 0 Å². The lowest BCUT2D eigenvalue weighted by Crippen LogP contribution is -2.54. The molecule has 0 aromatic heterocycles. The molecular weight excluding hydrogens is 548 g/mol. The number of hydrogen-bond donors (Lipinski definition) is 7. The third-order valence-corrected chi connectivity index (χ3v) is 7.25. The Morgan fingerprint density at radius 2 is 1.56 bits per heavy atom.